The topological polar surface area (TPSA) is 42.6 Å². The van der Waals surface area contributed by atoms with Crippen LogP contribution in [0.2, 0.25) is 0 Å². The van der Waals surface area contributed by atoms with Crippen LogP contribution in [0.25, 0.3) is 11.0 Å². The van der Waals surface area contributed by atoms with Crippen molar-refractivity contribution in [1.82, 2.24) is 0 Å². The molecule has 1 aromatic heterocycles. The van der Waals surface area contributed by atoms with Crippen molar-refractivity contribution in [2.45, 2.75) is 13.3 Å². The molecule has 1 N–H and O–H groups in total. The van der Waals surface area contributed by atoms with Crippen LogP contribution in [0.3, 0.4) is 0 Å². The summed E-state index contributed by atoms with van der Waals surface area (Å²) in [5, 5.41) is 10.5. The van der Waals surface area contributed by atoms with Crippen molar-refractivity contribution in [3.63, 3.8) is 0 Å². The number of hydrogen-bond acceptors (Lipinski definition) is 3. The lowest BCUT2D eigenvalue weighted by molar-refractivity contribution is 0.404. The summed E-state index contributed by atoms with van der Waals surface area (Å²) in [5.74, 6) is 1.48. The highest BCUT2D eigenvalue weighted by Crippen LogP contribution is 2.37. The van der Waals surface area contributed by atoms with Crippen molar-refractivity contribution >= 4 is 11.0 Å². The molecule has 0 aliphatic carbocycles. The van der Waals surface area contributed by atoms with Crippen LogP contribution >= 0.6 is 0 Å². The van der Waals surface area contributed by atoms with Gasteiger partial charge >= 0.3 is 0 Å². The lowest BCUT2D eigenvalue weighted by Gasteiger charge is -1.98. The van der Waals surface area contributed by atoms with Crippen LogP contribution < -0.4 is 4.74 Å². The van der Waals surface area contributed by atoms with E-state index in [1.165, 1.54) is 0 Å². The molecule has 1 heterocycles. The van der Waals surface area contributed by atoms with Crippen LogP contribution in [0.15, 0.2) is 22.6 Å². The summed E-state index contributed by atoms with van der Waals surface area (Å²) in [6.45, 7) is 1.93. The average Bonchev–Trinajstić information content (AvgIpc) is 2.55. The molecule has 0 bridgehead atoms. The zero-order chi connectivity index (χ0) is 10.1. The smallest absolute Gasteiger partial charge is 0.180 e. The zero-order valence-corrected chi connectivity index (χ0v) is 8.20. The number of aryl methyl sites for hydroxylation is 1. The van der Waals surface area contributed by atoms with Crippen LogP contribution in [0.1, 0.15) is 12.7 Å². The van der Waals surface area contributed by atoms with E-state index >= 15 is 0 Å². The van der Waals surface area contributed by atoms with Gasteiger partial charge in [-0.05, 0) is 12.1 Å². The van der Waals surface area contributed by atoms with Gasteiger partial charge in [0.15, 0.2) is 17.1 Å². The zero-order valence-electron chi connectivity index (χ0n) is 8.20. The molecule has 0 atom stereocenters. The minimum atomic E-state index is 0.224. The van der Waals surface area contributed by atoms with Gasteiger partial charge in [-0.1, -0.05) is 13.0 Å². The van der Waals surface area contributed by atoms with E-state index in [0.717, 1.165) is 0 Å². The van der Waals surface area contributed by atoms with Crippen molar-refractivity contribution in [2.75, 3.05) is 7.11 Å². The fraction of sp³-hybridized carbons (Fsp3) is 0.273. The van der Waals surface area contributed by atoms with Gasteiger partial charge in [0.1, 0.15) is 5.76 Å². The van der Waals surface area contributed by atoms with E-state index in [2.05, 4.69) is 0 Å². The first-order valence-electron chi connectivity index (χ1n) is 4.55. The summed E-state index contributed by atoms with van der Waals surface area (Å²) in [6, 6.07) is 5.45. The van der Waals surface area contributed by atoms with Crippen LogP contribution in [0.5, 0.6) is 11.5 Å². The van der Waals surface area contributed by atoms with E-state index in [1.54, 1.807) is 7.11 Å². The number of rotatable bonds is 2. The first kappa shape index (κ1) is 8.94. The fourth-order valence-electron chi connectivity index (χ4n) is 1.53. The molecule has 0 saturated carbocycles. The minimum absolute atomic E-state index is 0.224. The van der Waals surface area contributed by atoms with Gasteiger partial charge in [-0.3, -0.25) is 0 Å². The second kappa shape index (κ2) is 3.25. The van der Waals surface area contributed by atoms with Gasteiger partial charge in [0.25, 0.3) is 0 Å². The van der Waals surface area contributed by atoms with Crippen molar-refractivity contribution in [1.29, 1.82) is 0 Å². The quantitative estimate of drug-likeness (QED) is 0.795. The number of hydrogen-bond donors (Lipinski definition) is 1. The van der Waals surface area contributed by atoms with Gasteiger partial charge in [0.05, 0.1) is 12.5 Å². The van der Waals surface area contributed by atoms with Gasteiger partial charge in [-0.25, -0.2) is 0 Å². The third kappa shape index (κ3) is 1.13. The monoisotopic (exact) mass is 192 g/mol. The summed E-state index contributed by atoms with van der Waals surface area (Å²) < 4.78 is 10.6. The lowest BCUT2D eigenvalue weighted by Crippen LogP contribution is -1.81. The van der Waals surface area contributed by atoms with Crippen molar-refractivity contribution in [3.8, 4) is 11.5 Å². The Labute approximate surface area is 81.9 Å². The van der Waals surface area contributed by atoms with Gasteiger partial charge in [-0.15, -0.1) is 0 Å². The van der Waals surface area contributed by atoms with E-state index in [9.17, 15) is 5.11 Å². The molecule has 0 amide bonds. The molecule has 0 spiro atoms. The summed E-state index contributed by atoms with van der Waals surface area (Å²) in [7, 11) is 1.58. The number of furan rings is 1. The number of aromatic hydroxyl groups is 1. The highest BCUT2D eigenvalue weighted by Gasteiger charge is 2.14. The Kier molecular flexibility index (Phi) is 2.08. The molecule has 0 aliphatic rings. The molecular formula is C11H12O3. The number of ether oxygens (including phenoxy) is 1. The highest BCUT2D eigenvalue weighted by molar-refractivity contribution is 5.89. The van der Waals surface area contributed by atoms with Gasteiger partial charge in [0, 0.05) is 6.42 Å². The Balaban J connectivity index is 2.77. The maximum atomic E-state index is 9.76. The molecule has 3 heteroatoms. The molecule has 0 aliphatic heterocycles. The molecule has 2 rings (SSSR count). The highest BCUT2D eigenvalue weighted by atomic mass is 16.5. The van der Waals surface area contributed by atoms with Gasteiger partial charge in [0.2, 0.25) is 0 Å². The van der Waals surface area contributed by atoms with E-state index in [-0.39, 0.29) is 5.75 Å². The number of benzene rings is 1. The number of fused-ring (bicyclic) bond motifs is 1. The van der Waals surface area contributed by atoms with Crippen LogP contribution in [-0.2, 0) is 6.42 Å². The van der Waals surface area contributed by atoms with Crippen LogP contribution in [-0.4, -0.2) is 12.2 Å². The Hall–Kier alpha value is -1.64. The van der Waals surface area contributed by atoms with Gasteiger partial charge in [-0.2, -0.15) is 0 Å². The maximum absolute atomic E-state index is 9.76. The Morgan fingerprint density at radius 2 is 2.21 bits per heavy atom. The molecule has 2 aromatic rings. The predicted octanol–water partition coefficient (Wildman–Crippen LogP) is 2.71. The molecular weight excluding hydrogens is 180 g/mol. The SMILES string of the molecule is CCc1oc2c(OC)cccc2c1O. The van der Waals surface area contributed by atoms with Crippen molar-refractivity contribution in [3.05, 3.63) is 24.0 Å². The molecule has 0 saturated heterocycles. The van der Waals surface area contributed by atoms with Gasteiger partial charge < -0.3 is 14.3 Å². The lowest BCUT2D eigenvalue weighted by atomic mass is 10.2. The summed E-state index contributed by atoms with van der Waals surface area (Å²) >= 11 is 0. The Morgan fingerprint density at radius 1 is 1.43 bits per heavy atom. The van der Waals surface area contributed by atoms with Crippen LogP contribution in [0, 0.1) is 0 Å². The second-order valence-corrected chi connectivity index (χ2v) is 3.06. The standard InChI is InChI=1S/C11H12O3/c1-3-8-10(12)7-5-4-6-9(13-2)11(7)14-8/h4-6,12H,3H2,1-2H3. The van der Waals surface area contributed by atoms with E-state index in [4.69, 9.17) is 9.15 Å². The molecule has 0 radical (unpaired) electrons. The van der Waals surface area contributed by atoms with E-state index < -0.39 is 0 Å². The third-order valence-electron chi connectivity index (χ3n) is 2.26. The Morgan fingerprint density at radius 3 is 2.86 bits per heavy atom. The summed E-state index contributed by atoms with van der Waals surface area (Å²) in [5.41, 5.74) is 0.615. The fourth-order valence-corrected chi connectivity index (χ4v) is 1.53. The summed E-state index contributed by atoms with van der Waals surface area (Å²) in [6.07, 6.45) is 0.670. The molecule has 14 heavy (non-hydrogen) atoms. The van der Waals surface area contributed by atoms with E-state index in [1.807, 2.05) is 25.1 Å². The van der Waals surface area contributed by atoms with Crippen molar-refractivity contribution in [2.24, 2.45) is 0 Å². The number of para-hydroxylation sites is 1. The number of methoxy groups -OCH3 is 1. The Bertz CT molecular complexity index is 457. The summed E-state index contributed by atoms with van der Waals surface area (Å²) in [4.78, 5) is 0. The predicted molar refractivity (Wildman–Crippen MR) is 53.8 cm³/mol. The average molecular weight is 192 g/mol. The minimum Gasteiger partial charge on any atom is -0.504 e. The first-order chi connectivity index (χ1) is 6.77. The normalized spacial score (nSPS) is 10.7. The second-order valence-electron chi connectivity index (χ2n) is 3.06. The first-order valence-corrected chi connectivity index (χ1v) is 4.55. The molecule has 3 nitrogen and oxygen atoms in total. The maximum Gasteiger partial charge on any atom is 0.180 e. The largest absolute Gasteiger partial charge is 0.504 e. The third-order valence-corrected chi connectivity index (χ3v) is 2.26. The molecule has 0 unspecified atom stereocenters. The molecule has 0 fully saturated rings. The van der Waals surface area contributed by atoms with Crippen molar-refractivity contribution < 1.29 is 14.3 Å². The molecule has 1 aromatic carbocycles. The van der Waals surface area contributed by atoms with Crippen LogP contribution in [0.4, 0.5) is 0 Å². The van der Waals surface area contributed by atoms with E-state index in [0.29, 0.717) is 28.9 Å². The molecule has 74 valence electrons.